The fraction of sp³-hybridized carbons (Fsp3) is 0.467. The second kappa shape index (κ2) is 4.61. The summed E-state index contributed by atoms with van der Waals surface area (Å²) in [5, 5.41) is 9.70. The first-order chi connectivity index (χ1) is 8.82. The molecule has 0 N–H and O–H groups in total. The van der Waals surface area contributed by atoms with Crippen LogP contribution in [0, 0.1) is 28.0 Å². The molecular weight excluding hydrogens is 265 g/mol. The Bertz CT molecular complexity index is 556. The van der Waals surface area contributed by atoms with E-state index in [1.54, 1.807) is 6.07 Å². The molecule has 19 heavy (non-hydrogen) atoms. The number of Topliss-reactive ketones (excluding diaryl/α,β-unsaturated/α-hetero) is 1. The van der Waals surface area contributed by atoms with Gasteiger partial charge < -0.3 is 0 Å². The zero-order valence-electron chi connectivity index (χ0n) is 11.0. The Balaban J connectivity index is 2.42. The lowest BCUT2D eigenvalue weighted by molar-refractivity contribution is -0.130. The number of ketones is 1. The predicted octanol–water partition coefficient (Wildman–Crippen LogP) is 3.92. The number of nitrogens with zero attached hydrogens (tertiary/aromatic N) is 1. The average Bonchev–Trinajstić information content (AvgIpc) is 2.59. The van der Waals surface area contributed by atoms with Crippen molar-refractivity contribution >= 4 is 17.4 Å². The molecular formula is C15H15ClFNO. The van der Waals surface area contributed by atoms with E-state index >= 15 is 0 Å². The maximum absolute atomic E-state index is 13.8. The molecule has 1 fully saturated rings. The highest BCUT2D eigenvalue weighted by molar-refractivity contribution is 6.31. The standard InChI is InChI=1S/C15H15ClFNO/c1-14(2)6-7-15(9-18,13(14)19)8-10-11(16)4-3-5-12(10)17/h3-5H,6-8H2,1-2H3. The largest absolute Gasteiger partial charge is 0.297 e. The van der Waals surface area contributed by atoms with E-state index in [1.807, 2.05) is 13.8 Å². The lowest BCUT2D eigenvalue weighted by Gasteiger charge is -2.23. The van der Waals surface area contributed by atoms with Crippen molar-refractivity contribution in [1.29, 1.82) is 5.26 Å². The van der Waals surface area contributed by atoms with E-state index in [4.69, 9.17) is 11.6 Å². The summed E-state index contributed by atoms with van der Waals surface area (Å²) in [6.45, 7) is 3.66. The van der Waals surface area contributed by atoms with Crippen molar-refractivity contribution in [2.75, 3.05) is 0 Å². The molecule has 0 aromatic heterocycles. The molecule has 4 heteroatoms. The molecule has 0 heterocycles. The molecule has 1 aliphatic carbocycles. The average molecular weight is 280 g/mol. The van der Waals surface area contributed by atoms with Gasteiger partial charge in [0.2, 0.25) is 0 Å². The highest BCUT2D eigenvalue weighted by Crippen LogP contribution is 2.48. The van der Waals surface area contributed by atoms with Gasteiger partial charge in [-0.15, -0.1) is 0 Å². The zero-order chi connectivity index (χ0) is 14.3. The minimum atomic E-state index is -1.14. The first-order valence-corrected chi connectivity index (χ1v) is 6.59. The maximum Gasteiger partial charge on any atom is 0.158 e. The molecule has 1 aromatic carbocycles. The van der Waals surface area contributed by atoms with Crippen LogP contribution in [0.25, 0.3) is 0 Å². The van der Waals surface area contributed by atoms with Crippen LogP contribution in [0.15, 0.2) is 18.2 Å². The van der Waals surface area contributed by atoms with Crippen LogP contribution in [0.3, 0.4) is 0 Å². The molecule has 0 aliphatic heterocycles. The number of hydrogen-bond donors (Lipinski definition) is 0. The van der Waals surface area contributed by atoms with Crippen molar-refractivity contribution in [2.24, 2.45) is 10.8 Å². The number of halogens is 2. The van der Waals surface area contributed by atoms with Gasteiger partial charge in [0, 0.05) is 22.4 Å². The minimum Gasteiger partial charge on any atom is -0.297 e. The molecule has 1 aliphatic rings. The molecule has 0 radical (unpaired) electrons. The van der Waals surface area contributed by atoms with Crippen LogP contribution in [-0.2, 0) is 11.2 Å². The molecule has 0 spiro atoms. The molecule has 0 bridgehead atoms. The van der Waals surface area contributed by atoms with E-state index in [-0.39, 0.29) is 22.8 Å². The van der Waals surface area contributed by atoms with Gasteiger partial charge in [-0.3, -0.25) is 4.79 Å². The van der Waals surface area contributed by atoms with Crippen molar-refractivity contribution in [1.82, 2.24) is 0 Å². The van der Waals surface area contributed by atoms with Crippen molar-refractivity contribution < 1.29 is 9.18 Å². The summed E-state index contributed by atoms with van der Waals surface area (Å²) in [7, 11) is 0. The van der Waals surface area contributed by atoms with Gasteiger partial charge in [-0.1, -0.05) is 31.5 Å². The van der Waals surface area contributed by atoms with Gasteiger partial charge >= 0.3 is 0 Å². The van der Waals surface area contributed by atoms with Crippen LogP contribution < -0.4 is 0 Å². The smallest absolute Gasteiger partial charge is 0.158 e. The van der Waals surface area contributed by atoms with Gasteiger partial charge in [0.15, 0.2) is 5.78 Å². The maximum atomic E-state index is 13.8. The summed E-state index contributed by atoms with van der Waals surface area (Å²) in [6.07, 6.45) is 1.16. The number of rotatable bonds is 2. The molecule has 1 aromatic rings. The van der Waals surface area contributed by atoms with E-state index < -0.39 is 16.6 Å². The third kappa shape index (κ3) is 2.26. The lowest BCUT2D eigenvalue weighted by atomic mass is 9.77. The number of benzene rings is 1. The third-order valence-corrected chi connectivity index (χ3v) is 4.33. The van der Waals surface area contributed by atoms with Crippen molar-refractivity contribution in [3.8, 4) is 6.07 Å². The summed E-state index contributed by atoms with van der Waals surface area (Å²) < 4.78 is 13.8. The normalized spacial score (nSPS) is 25.3. The summed E-state index contributed by atoms with van der Waals surface area (Å²) in [6, 6.07) is 6.51. The van der Waals surface area contributed by atoms with Crippen LogP contribution >= 0.6 is 11.6 Å². The van der Waals surface area contributed by atoms with Crippen LogP contribution in [-0.4, -0.2) is 5.78 Å². The minimum absolute atomic E-state index is 0.0528. The van der Waals surface area contributed by atoms with Crippen LogP contribution in [0.4, 0.5) is 4.39 Å². The Labute approximate surface area is 117 Å². The first kappa shape index (κ1) is 14.0. The van der Waals surface area contributed by atoms with Gasteiger partial charge in [-0.05, 0) is 25.0 Å². The predicted molar refractivity (Wildman–Crippen MR) is 71.2 cm³/mol. The molecule has 0 amide bonds. The van der Waals surface area contributed by atoms with Crippen molar-refractivity contribution in [3.63, 3.8) is 0 Å². The van der Waals surface area contributed by atoms with Crippen LogP contribution in [0.5, 0.6) is 0 Å². The van der Waals surface area contributed by atoms with Gasteiger partial charge in [0.1, 0.15) is 11.2 Å². The second-order valence-corrected chi connectivity index (χ2v) is 6.19. The first-order valence-electron chi connectivity index (χ1n) is 6.21. The summed E-state index contributed by atoms with van der Waals surface area (Å²) >= 11 is 5.98. The molecule has 1 unspecified atom stereocenters. The Morgan fingerprint density at radius 3 is 2.58 bits per heavy atom. The number of hydrogen-bond acceptors (Lipinski definition) is 2. The summed E-state index contributed by atoms with van der Waals surface area (Å²) in [5.41, 5.74) is -1.40. The van der Waals surface area contributed by atoms with E-state index in [2.05, 4.69) is 6.07 Å². The number of nitriles is 1. The lowest BCUT2D eigenvalue weighted by Crippen LogP contribution is -2.33. The van der Waals surface area contributed by atoms with E-state index in [0.29, 0.717) is 12.8 Å². The zero-order valence-corrected chi connectivity index (χ0v) is 11.7. The van der Waals surface area contributed by atoms with Crippen LogP contribution in [0.1, 0.15) is 32.3 Å². The highest BCUT2D eigenvalue weighted by Gasteiger charge is 2.52. The summed E-state index contributed by atoms with van der Waals surface area (Å²) in [4.78, 5) is 12.4. The SMILES string of the molecule is CC1(C)CCC(C#N)(Cc2c(F)cccc2Cl)C1=O. The Hall–Kier alpha value is -1.40. The molecule has 1 atom stereocenters. The van der Waals surface area contributed by atoms with Crippen molar-refractivity contribution in [3.05, 3.63) is 34.6 Å². The monoisotopic (exact) mass is 279 g/mol. The highest BCUT2D eigenvalue weighted by atomic mass is 35.5. The van der Waals surface area contributed by atoms with E-state index in [9.17, 15) is 14.4 Å². The Morgan fingerprint density at radius 2 is 2.11 bits per heavy atom. The molecule has 1 saturated carbocycles. The van der Waals surface area contributed by atoms with Gasteiger partial charge in [0.25, 0.3) is 0 Å². The van der Waals surface area contributed by atoms with E-state index in [1.165, 1.54) is 12.1 Å². The Morgan fingerprint density at radius 1 is 1.42 bits per heavy atom. The molecule has 0 saturated heterocycles. The van der Waals surface area contributed by atoms with Crippen molar-refractivity contribution in [2.45, 2.75) is 33.1 Å². The second-order valence-electron chi connectivity index (χ2n) is 5.78. The van der Waals surface area contributed by atoms with E-state index in [0.717, 1.165) is 0 Å². The van der Waals surface area contributed by atoms with Gasteiger partial charge in [-0.2, -0.15) is 5.26 Å². The molecule has 2 nitrogen and oxygen atoms in total. The van der Waals surface area contributed by atoms with Gasteiger partial charge in [-0.25, -0.2) is 4.39 Å². The fourth-order valence-corrected chi connectivity index (χ4v) is 2.95. The number of carbonyl (C=O) groups is 1. The fourth-order valence-electron chi connectivity index (χ4n) is 2.72. The number of carbonyl (C=O) groups excluding carboxylic acids is 1. The third-order valence-electron chi connectivity index (χ3n) is 3.98. The Kier molecular flexibility index (Phi) is 3.40. The quantitative estimate of drug-likeness (QED) is 0.823. The summed E-state index contributed by atoms with van der Waals surface area (Å²) in [5.74, 6) is -0.568. The van der Waals surface area contributed by atoms with Gasteiger partial charge in [0.05, 0.1) is 6.07 Å². The molecule has 2 rings (SSSR count). The van der Waals surface area contributed by atoms with Crippen LogP contribution in [0.2, 0.25) is 5.02 Å². The molecule has 100 valence electrons. The topological polar surface area (TPSA) is 40.9 Å².